The summed E-state index contributed by atoms with van der Waals surface area (Å²) in [5.74, 6) is -0.197. The molecule has 1 aliphatic heterocycles. The highest BCUT2D eigenvalue weighted by atomic mass is 35.5. The van der Waals surface area contributed by atoms with Crippen LogP contribution in [0.4, 0.5) is 0 Å². The number of rotatable bonds is 6. The van der Waals surface area contributed by atoms with Gasteiger partial charge in [0.2, 0.25) is 5.91 Å². The number of aromatic nitrogens is 1. The number of amides is 2. The van der Waals surface area contributed by atoms with E-state index in [4.69, 9.17) is 23.2 Å². The standard InChI is InChI=1S/C16H22Cl2N4O2/c1-2-3-6-19-14(23)11-21-7-9-22(10-8-21)16(24)15-12(17)4-5-13(18)20-15/h4-5H,2-3,6-11H2,1H3,(H,19,23). The van der Waals surface area contributed by atoms with Gasteiger partial charge < -0.3 is 10.2 Å². The molecule has 2 amide bonds. The van der Waals surface area contributed by atoms with Crippen molar-refractivity contribution in [3.63, 3.8) is 0 Å². The van der Waals surface area contributed by atoms with Crippen LogP contribution in [0.5, 0.6) is 0 Å². The van der Waals surface area contributed by atoms with Crippen molar-refractivity contribution in [3.05, 3.63) is 28.0 Å². The summed E-state index contributed by atoms with van der Waals surface area (Å²) in [7, 11) is 0. The first-order valence-corrected chi connectivity index (χ1v) is 8.87. The van der Waals surface area contributed by atoms with Crippen LogP contribution in [0.2, 0.25) is 10.2 Å². The molecule has 0 radical (unpaired) electrons. The van der Waals surface area contributed by atoms with E-state index in [0.717, 1.165) is 12.8 Å². The molecular formula is C16H22Cl2N4O2. The van der Waals surface area contributed by atoms with Crippen LogP contribution in [0.15, 0.2) is 12.1 Å². The lowest BCUT2D eigenvalue weighted by atomic mass is 10.2. The molecule has 0 bridgehead atoms. The van der Waals surface area contributed by atoms with E-state index >= 15 is 0 Å². The summed E-state index contributed by atoms with van der Waals surface area (Å²) in [6.45, 7) is 5.52. The van der Waals surface area contributed by atoms with Gasteiger partial charge in [-0.1, -0.05) is 36.5 Å². The third-order valence-corrected chi connectivity index (χ3v) is 4.41. The quantitative estimate of drug-likeness (QED) is 0.613. The molecule has 24 heavy (non-hydrogen) atoms. The minimum Gasteiger partial charge on any atom is -0.355 e. The fourth-order valence-electron chi connectivity index (χ4n) is 2.49. The summed E-state index contributed by atoms with van der Waals surface area (Å²) >= 11 is 11.9. The first-order chi connectivity index (χ1) is 11.5. The van der Waals surface area contributed by atoms with Gasteiger partial charge in [-0.15, -0.1) is 0 Å². The Morgan fingerprint density at radius 2 is 1.92 bits per heavy atom. The zero-order chi connectivity index (χ0) is 17.5. The van der Waals surface area contributed by atoms with Crippen LogP contribution in [-0.2, 0) is 4.79 Å². The van der Waals surface area contributed by atoms with Crippen LogP contribution in [0.3, 0.4) is 0 Å². The third-order valence-electron chi connectivity index (χ3n) is 3.89. The van der Waals surface area contributed by atoms with Crippen LogP contribution in [0, 0.1) is 0 Å². The highest BCUT2D eigenvalue weighted by molar-refractivity contribution is 6.34. The van der Waals surface area contributed by atoms with Gasteiger partial charge in [0.1, 0.15) is 10.8 Å². The second-order valence-electron chi connectivity index (χ2n) is 5.74. The molecule has 2 rings (SSSR count). The van der Waals surface area contributed by atoms with Crippen LogP contribution in [0.25, 0.3) is 0 Å². The molecule has 1 fully saturated rings. The van der Waals surface area contributed by atoms with Crippen molar-refractivity contribution >= 4 is 35.0 Å². The van der Waals surface area contributed by atoms with Gasteiger partial charge in [0.05, 0.1) is 11.6 Å². The lowest BCUT2D eigenvalue weighted by molar-refractivity contribution is -0.122. The Balaban J connectivity index is 1.83. The van der Waals surface area contributed by atoms with E-state index in [-0.39, 0.29) is 22.7 Å². The van der Waals surface area contributed by atoms with Gasteiger partial charge in [-0.2, -0.15) is 0 Å². The summed E-state index contributed by atoms with van der Waals surface area (Å²) in [6, 6.07) is 3.12. The summed E-state index contributed by atoms with van der Waals surface area (Å²) in [4.78, 5) is 32.1. The maximum Gasteiger partial charge on any atom is 0.274 e. The van der Waals surface area contributed by atoms with Crippen LogP contribution < -0.4 is 5.32 Å². The monoisotopic (exact) mass is 372 g/mol. The summed E-state index contributed by atoms with van der Waals surface area (Å²) < 4.78 is 0. The van der Waals surface area contributed by atoms with E-state index in [9.17, 15) is 9.59 Å². The molecule has 0 aromatic carbocycles. The molecule has 1 aromatic rings. The topological polar surface area (TPSA) is 65.5 Å². The Bertz CT molecular complexity index is 589. The van der Waals surface area contributed by atoms with E-state index in [0.29, 0.717) is 44.3 Å². The first kappa shape index (κ1) is 19.0. The molecule has 1 aliphatic rings. The molecule has 0 aliphatic carbocycles. The van der Waals surface area contributed by atoms with Gasteiger partial charge in [0, 0.05) is 32.7 Å². The Kier molecular flexibility index (Phi) is 7.27. The number of piperazine rings is 1. The summed E-state index contributed by atoms with van der Waals surface area (Å²) in [5, 5.41) is 3.44. The number of nitrogens with one attached hydrogen (secondary N) is 1. The third kappa shape index (κ3) is 5.33. The first-order valence-electron chi connectivity index (χ1n) is 8.11. The number of halogens is 2. The average Bonchev–Trinajstić information content (AvgIpc) is 2.57. The zero-order valence-electron chi connectivity index (χ0n) is 13.7. The summed E-state index contributed by atoms with van der Waals surface area (Å²) in [6.07, 6.45) is 2.04. The predicted molar refractivity (Wildman–Crippen MR) is 94.5 cm³/mol. The van der Waals surface area contributed by atoms with Crippen molar-refractivity contribution in [2.24, 2.45) is 0 Å². The highest BCUT2D eigenvalue weighted by Crippen LogP contribution is 2.19. The molecular weight excluding hydrogens is 351 g/mol. The summed E-state index contributed by atoms with van der Waals surface area (Å²) in [5.41, 5.74) is 0.176. The van der Waals surface area contributed by atoms with Crippen LogP contribution in [-0.4, -0.2) is 65.9 Å². The predicted octanol–water partition coefficient (Wildman–Crippen LogP) is 2.06. The van der Waals surface area contributed by atoms with Gasteiger partial charge in [-0.05, 0) is 18.6 Å². The molecule has 0 unspecified atom stereocenters. The van der Waals surface area contributed by atoms with E-state index in [1.54, 1.807) is 17.0 Å². The van der Waals surface area contributed by atoms with Crippen LogP contribution >= 0.6 is 23.2 Å². The van der Waals surface area contributed by atoms with Crippen molar-refractivity contribution < 1.29 is 9.59 Å². The fraction of sp³-hybridized carbons (Fsp3) is 0.562. The maximum atomic E-state index is 12.5. The molecule has 0 saturated carbocycles. The molecule has 6 nitrogen and oxygen atoms in total. The Morgan fingerprint density at radius 1 is 1.21 bits per heavy atom. The van der Waals surface area contributed by atoms with E-state index in [1.165, 1.54) is 0 Å². The molecule has 1 N–H and O–H groups in total. The molecule has 1 saturated heterocycles. The Hall–Kier alpha value is -1.37. The minimum absolute atomic E-state index is 0.0304. The Labute approximate surface area is 152 Å². The highest BCUT2D eigenvalue weighted by Gasteiger charge is 2.25. The molecule has 0 atom stereocenters. The number of hydrogen-bond acceptors (Lipinski definition) is 4. The van der Waals surface area contributed by atoms with Crippen molar-refractivity contribution in [1.29, 1.82) is 0 Å². The average molecular weight is 373 g/mol. The van der Waals surface area contributed by atoms with E-state index in [1.807, 2.05) is 4.90 Å². The van der Waals surface area contributed by atoms with Crippen molar-refractivity contribution in [3.8, 4) is 0 Å². The van der Waals surface area contributed by atoms with Gasteiger partial charge in [0.25, 0.3) is 5.91 Å². The van der Waals surface area contributed by atoms with E-state index in [2.05, 4.69) is 17.2 Å². The normalized spacial score (nSPS) is 15.4. The number of nitrogens with zero attached hydrogens (tertiary/aromatic N) is 3. The lowest BCUT2D eigenvalue weighted by Gasteiger charge is -2.34. The second kappa shape index (κ2) is 9.20. The number of hydrogen-bond donors (Lipinski definition) is 1. The van der Waals surface area contributed by atoms with Crippen LogP contribution in [0.1, 0.15) is 30.3 Å². The smallest absolute Gasteiger partial charge is 0.274 e. The molecule has 132 valence electrons. The number of carbonyl (C=O) groups is 2. The van der Waals surface area contributed by atoms with Gasteiger partial charge in [-0.3, -0.25) is 14.5 Å². The fourth-order valence-corrected chi connectivity index (χ4v) is 2.82. The zero-order valence-corrected chi connectivity index (χ0v) is 15.2. The van der Waals surface area contributed by atoms with Gasteiger partial charge in [0.15, 0.2) is 0 Å². The maximum absolute atomic E-state index is 12.5. The van der Waals surface area contributed by atoms with Crippen molar-refractivity contribution in [2.75, 3.05) is 39.3 Å². The molecule has 2 heterocycles. The number of unbranched alkanes of at least 4 members (excludes halogenated alkanes) is 1. The minimum atomic E-state index is -0.227. The van der Waals surface area contributed by atoms with Crippen molar-refractivity contribution in [1.82, 2.24) is 20.1 Å². The number of carbonyl (C=O) groups excluding carboxylic acids is 2. The van der Waals surface area contributed by atoms with Gasteiger partial charge >= 0.3 is 0 Å². The molecule has 0 spiro atoms. The Morgan fingerprint density at radius 3 is 2.58 bits per heavy atom. The van der Waals surface area contributed by atoms with Crippen molar-refractivity contribution in [2.45, 2.75) is 19.8 Å². The van der Waals surface area contributed by atoms with E-state index < -0.39 is 0 Å². The lowest BCUT2D eigenvalue weighted by Crippen LogP contribution is -2.51. The second-order valence-corrected chi connectivity index (χ2v) is 6.53. The largest absolute Gasteiger partial charge is 0.355 e. The van der Waals surface area contributed by atoms with Gasteiger partial charge in [-0.25, -0.2) is 4.98 Å². The molecule has 1 aromatic heterocycles. The molecule has 8 heteroatoms. The SMILES string of the molecule is CCCCNC(=O)CN1CCN(C(=O)c2nc(Cl)ccc2Cl)CC1. The number of pyridine rings is 1.